The Morgan fingerprint density at radius 1 is 0.495 bits per heavy atom. The van der Waals surface area contributed by atoms with Crippen molar-refractivity contribution in [3.8, 4) is 0 Å². The maximum Gasteiger partial charge on any atom is 0.171 e. The van der Waals surface area contributed by atoms with E-state index in [9.17, 15) is 25.2 Å². The second kappa shape index (κ2) is 23.1. The number of ether oxygens (including phenoxy) is 4. The summed E-state index contributed by atoms with van der Waals surface area (Å²) < 4.78 is 26.5. The van der Waals surface area contributed by atoms with Crippen molar-refractivity contribution < 1.29 is 44.2 Å². The van der Waals surface area contributed by atoms with Crippen LogP contribution in [0.1, 0.15) is 284 Å². The summed E-state index contributed by atoms with van der Waals surface area (Å²) in [6.45, 7) is 39.1. The third-order valence-electron chi connectivity index (χ3n) is 37.2. The third-order valence-corrected chi connectivity index (χ3v) is 37.2. The number of ketones is 1. The Morgan fingerprint density at radius 3 is 1.82 bits per heavy atom. The average molecular weight is 1290 g/mol. The highest BCUT2D eigenvalue weighted by Gasteiger charge is 2.75. The van der Waals surface area contributed by atoms with Crippen LogP contribution in [0.15, 0.2) is 11.6 Å². The lowest BCUT2D eigenvalue weighted by Gasteiger charge is -2.74. The van der Waals surface area contributed by atoms with E-state index < -0.39 is 5.79 Å². The number of allylic oxidation sites excluding steroid dienone is 1. The van der Waals surface area contributed by atoms with Crippen LogP contribution in [-0.4, -0.2) is 88.1 Å². The molecule has 4 saturated heterocycles. The average Bonchev–Trinajstić information content (AvgIpc) is 1.67. The van der Waals surface area contributed by atoms with Gasteiger partial charge >= 0.3 is 0 Å². The molecule has 0 aromatic carbocycles. The number of carbonyl (C=O) groups excluding carboxylic acids is 1. The minimum Gasteiger partial charge on any atom is -0.396 e. The molecule has 17 rings (SSSR count). The number of aliphatic hydroxyl groups excluding tert-OH is 4. The Labute approximate surface area is 565 Å². The molecule has 3 unspecified atom stereocenters. The lowest BCUT2D eigenvalue weighted by atomic mass is 9.31. The van der Waals surface area contributed by atoms with E-state index in [2.05, 4.69) is 110 Å². The lowest BCUT2D eigenvalue weighted by Crippen LogP contribution is -2.67. The quantitative estimate of drug-likeness (QED) is 0.189. The number of hydrogen-bond acceptors (Lipinski definition) is 9. The fraction of sp³-hybridized carbons (Fsp3) is 0.964. The molecule has 4 N–H and O–H groups in total. The van der Waals surface area contributed by atoms with Gasteiger partial charge in [-0.1, -0.05) is 116 Å². The highest BCUT2D eigenvalue weighted by Crippen LogP contribution is 2.78. The number of hydrogen-bond donors (Lipinski definition) is 4. The van der Waals surface area contributed by atoms with Gasteiger partial charge in [-0.15, -0.1) is 0 Å². The Hall–Kier alpha value is -0.910. The summed E-state index contributed by atoms with van der Waals surface area (Å²) in [5.41, 5.74) is 3.66. The smallest absolute Gasteiger partial charge is 0.171 e. The van der Waals surface area contributed by atoms with Crippen LogP contribution in [0.5, 0.6) is 0 Å². The summed E-state index contributed by atoms with van der Waals surface area (Å²) in [5, 5.41) is 42.1. The van der Waals surface area contributed by atoms with Crippen LogP contribution < -0.4 is 0 Å². The van der Waals surface area contributed by atoms with E-state index in [0.717, 1.165) is 125 Å². The van der Waals surface area contributed by atoms with E-state index in [1.54, 1.807) is 5.57 Å². The van der Waals surface area contributed by atoms with Gasteiger partial charge in [0.25, 0.3) is 0 Å². The van der Waals surface area contributed by atoms with E-state index in [-0.39, 0.29) is 57.8 Å². The minimum absolute atomic E-state index is 0.0397. The van der Waals surface area contributed by atoms with Crippen molar-refractivity contribution in [1.29, 1.82) is 0 Å². The van der Waals surface area contributed by atoms with Gasteiger partial charge in [0.1, 0.15) is 5.78 Å². The van der Waals surface area contributed by atoms with Gasteiger partial charge in [0.2, 0.25) is 0 Å². The molecule has 34 atom stereocenters. The van der Waals surface area contributed by atoms with Crippen molar-refractivity contribution in [3.63, 3.8) is 0 Å². The van der Waals surface area contributed by atoms with Crippen molar-refractivity contribution in [2.45, 2.75) is 326 Å². The standard InChI is InChI=1S/C30H52O2.C27H42O4.C27H42O3/c1-19-10-15-30(18-31)17-16-28(6)21(25(30)20(19)2)8-9-23-27(5)13-12-24(32)26(3,4)22(27)11-14-29(23,28)7;1-15-7-10-27(30-14-15)16(2)24-22(31-27)12-21-19-6-5-17-11-18(28)8-9-25(17,3)20(19)13-23(29)26(21,24)4;1-16-7-12-27(29-15-16)17(2)24-23(30-27)14-22-20-6-5-18-13-19(28)8-10-25(18,3)21(20)9-11-26(22,24)4/h19-25,31-32H,8-18H2,1-7H3;15-22,24,28H,5-14H2,1-4H3;5,16-17,19-24,28H,6-15H2,1-4H3/t19-,20+,21?,22+,23-,24+,25+,27+,28-,29-,30-;15-,16+,17+,18+,19-,20+,21+,22+,24+,25+,26-,27?;16-,17+,19+,20-,21+,22+,23+,24+,25+,26+,27?/m111/s1. The van der Waals surface area contributed by atoms with E-state index in [1.807, 2.05) is 0 Å². The van der Waals surface area contributed by atoms with Gasteiger partial charge in [-0.05, 0) is 299 Å². The van der Waals surface area contributed by atoms with E-state index in [1.165, 1.54) is 109 Å². The predicted molar refractivity (Wildman–Crippen MR) is 368 cm³/mol. The monoisotopic (exact) mass is 1290 g/mol. The first-order chi connectivity index (χ1) is 43.8. The molecular weight excluding hydrogens is 1150 g/mol. The van der Waals surface area contributed by atoms with Crippen LogP contribution in [0.4, 0.5) is 0 Å². The molecule has 93 heavy (non-hydrogen) atoms. The zero-order chi connectivity index (χ0) is 66.0. The Kier molecular flexibility index (Phi) is 16.8. The maximum atomic E-state index is 14.0. The highest BCUT2D eigenvalue weighted by molar-refractivity contribution is 5.87. The van der Waals surface area contributed by atoms with Crippen LogP contribution in [0.3, 0.4) is 0 Å². The number of Topliss-reactive ketones (excluding diaryl/α,β-unsaturated/α-hetero) is 1. The highest BCUT2D eigenvalue weighted by atomic mass is 16.7. The summed E-state index contributed by atoms with van der Waals surface area (Å²) in [4.78, 5) is 14.0. The van der Waals surface area contributed by atoms with Crippen LogP contribution in [0, 0.1) is 161 Å². The molecule has 17 aliphatic rings. The van der Waals surface area contributed by atoms with Gasteiger partial charge in [0, 0.05) is 49.0 Å². The second-order valence-electron chi connectivity index (χ2n) is 40.6. The molecule has 9 nitrogen and oxygen atoms in total. The number of aliphatic hydroxyl groups is 4. The summed E-state index contributed by atoms with van der Waals surface area (Å²) in [6.07, 6.45) is 35.4. The van der Waals surface area contributed by atoms with Crippen molar-refractivity contribution in [2.75, 3.05) is 19.8 Å². The predicted octanol–water partition coefficient (Wildman–Crippen LogP) is 17.8. The number of fused-ring (bicyclic) bond motifs is 21. The van der Waals surface area contributed by atoms with E-state index in [0.29, 0.717) is 111 Å². The van der Waals surface area contributed by atoms with Gasteiger partial charge in [-0.2, -0.15) is 0 Å². The van der Waals surface area contributed by atoms with Gasteiger partial charge in [-0.25, -0.2) is 0 Å². The van der Waals surface area contributed by atoms with Crippen LogP contribution in [0.25, 0.3) is 0 Å². The Morgan fingerprint density at radius 2 is 1.14 bits per heavy atom. The fourth-order valence-electron chi connectivity index (χ4n) is 31.3. The lowest BCUT2D eigenvalue weighted by molar-refractivity contribution is -0.272. The molecule has 9 heteroatoms. The van der Waals surface area contributed by atoms with Gasteiger partial charge in [-0.3, -0.25) is 4.79 Å². The summed E-state index contributed by atoms with van der Waals surface area (Å²) >= 11 is 0. The number of rotatable bonds is 1. The molecule has 4 heterocycles. The van der Waals surface area contributed by atoms with Crippen molar-refractivity contribution in [1.82, 2.24) is 0 Å². The Balaban J connectivity index is 0.000000115. The Bertz CT molecular complexity index is 2830. The van der Waals surface area contributed by atoms with Crippen LogP contribution >= 0.6 is 0 Å². The minimum atomic E-state index is -0.448. The van der Waals surface area contributed by atoms with Crippen molar-refractivity contribution in [3.05, 3.63) is 11.6 Å². The normalized spacial score (nSPS) is 60.0. The molecule has 0 aromatic heterocycles. The summed E-state index contributed by atoms with van der Waals surface area (Å²) in [6, 6.07) is 0. The van der Waals surface area contributed by atoms with Crippen molar-refractivity contribution >= 4 is 5.78 Å². The number of carbonyl (C=O) groups is 1. The summed E-state index contributed by atoms with van der Waals surface area (Å²) in [7, 11) is 0. The molecule has 16 fully saturated rings. The topological polar surface area (TPSA) is 135 Å². The zero-order valence-electron chi connectivity index (χ0n) is 61.7. The second-order valence-corrected chi connectivity index (χ2v) is 40.6. The molecule has 0 amide bonds. The van der Waals surface area contributed by atoms with Gasteiger partial charge < -0.3 is 39.4 Å². The zero-order valence-corrected chi connectivity index (χ0v) is 61.7. The molecule has 2 spiro atoms. The van der Waals surface area contributed by atoms with Gasteiger partial charge in [0.15, 0.2) is 11.6 Å². The first-order valence-electron chi connectivity index (χ1n) is 40.3. The molecule has 13 aliphatic carbocycles. The fourth-order valence-corrected chi connectivity index (χ4v) is 31.3. The third kappa shape index (κ3) is 9.55. The van der Waals surface area contributed by atoms with E-state index >= 15 is 0 Å². The first-order valence-corrected chi connectivity index (χ1v) is 40.3. The van der Waals surface area contributed by atoms with Crippen LogP contribution in [0.2, 0.25) is 0 Å². The molecule has 0 radical (unpaired) electrons. The molecule has 12 saturated carbocycles. The molecular formula is C84H136O9. The van der Waals surface area contributed by atoms with Gasteiger partial charge in [0.05, 0.1) is 43.7 Å². The van der Waals surface area contributed by atoms with Crippen molar-refractivity contribution in [2.24, 2.45) is 161 Å². The SMILES string of the molecule is C[C@@H]1CCC2(OC1)O[C@H]1C[C@H]3[C@@H]4CC=C5C[C@@H](O)CC[C@]5(C)[C@H]4CC[C@]3(C)[C@H]1[C@@H]2C.C[C@@H]1CCC2(OC1)O[C@H]1C[C@H]3[C@@H]4CC[C@H]5C[C@@H](O)CC[C@]5(C)[C@H]4CC(=O)[C@]3(C)[C@H]1[C@@H]2C.C[C@H]1[C@H](C)CC[C@]2(CO)CC[C@]3(C)C(CC[C@@H]4[C@@]5(C)CC[C@H](O)C(C)(C)[C@@H]5CC[C@]43C)[C@H]12. The first kappa shape index (κ1) is 67.9. The maximum absolute atomic E-state index is 14.0. The van der Waals surface area contributed by atoms with Crippen LogP contribution in [-0.2, 0) is 23.7 Å². The molecule has 4 aliphatic heterocycles. The molecule has 526 valence electrons. The molecule has 0 bridgehead atoms. The van der Waals surface area contributed by atoms with E-state index in [4.69, 9.17) is 18.9 Å². The summed E-state index contributed by atoms with van der Waals surface area (Å²) in [5.74, 6) is 11.8. The molecule has 0 aromatic rings. The largest absolute Gasteiger partial charge is 0.396 e.